The van der Waals surface area contributed by atoms with Gasteiger partial charge in [0.25, 0.3) is 0 Å². The summed E-state index contributed by atoms with van der Waals surface area (Å²) in [5.41, 5.74) is -0.672. The van der Waals surface area contributed by atoms with Crippen molar-refractivity contribution in [3.05, 3.63) is 0 Å². The highest BCUT2D eigenvalue weighted by Gasteiger charge is 2.42. The summed E-state index contributed by atoms with van der Waals surface area (Å²) in [7, 11) is 0. The summed E-state index contributed by atoms with van der Waals surface area (Å²) in [5.74, 6) is -0.00476. The van der Waals surface area contributed by atoms with E-state index < -0.39 is 11.5 Å². The van der Waals surface area contributed by atoms with Crippen molar-refractivity contribution in [1.82, 2.24) is 5.32 Å². The fourth-order valence-corrected chi connectivity index (χ4v) is 2.91. The molecule has 2 aliphatic rings. The molecule has 0 radical (unpaired) electrons. The summed E-state index contributed by atoms with van der Waals surface area (Å²) in [6.45, 7) is 3.72. The zero-order valence-electron chi connectivity index (χ0n) is 10.6. The van der Waals surface area contributed by atoms with E-state index in [2.05, 4.69) is 12.2 Å². The topological polar surface area (TPSA) is 58.6 Å². The van der Waals surface area contributed by atoms with Gasteiger partial charge < -0.3 is 9.84 Å². The molecule has 0 amide bonds. The van der Waals surface area contributed by atoms with Gasteiger partial charge >= 0.3 is 5.97 Å². The van der Waals surface area contributed by atoms with E-state index in [0.29, 0.717) is 12.0 Å². The lowest BCUT2D eigenvalue weighted by Gasteiger charge is -2.40. The summed E-state index contributed by atoms with van der Waals surface area (Å²) in [6, 6.07) is 0.313. The number of hydrogen-bond acceptors (Lipinski definition) is 3. The molecule has 2 rings (SSSR count). The maximum absolute atomic E-state index is 11.6. The SMILES string of the molecule is CC1CCC(NC2CCOCC2)(C(=O)O)CC1. The van der Waals surface area contributed by atoms with Crippen LogP contribution >= 0.6 is 0 Å². The maximum Gasteiger partial charge on any atom is 0.323 e. The monoisotopic (exact) mass is 241 g/mol. The van der Waals surface area contributed by atoms with Gasteiger partial charge in [-0.05, 0) is 44.4 Å². The summed E-state index contributed by atoms with van der Waals surface area (Å²) in [6.07, 6.45) is 5.43. The van der Waals surface area contributed by atoms with Crippen molar-refractivity contribution in [1.29, 1.82) is 0 Å². The number of hydrogen-bond donors (Lipinski definition) is 2. The third kappa shape index (κ3) is 2.99. The van der Waals surface area contributed by atoms with E-state index in [1.165, 1.54) is 0 Å². The van der Waals surface area contributed by atoms with Crippen molar-refractivity contribution in [3.63, 3.8) is 0 Å². The Bertz CT molecular complexity index is 266. The van der Waals surface area contributed by atoms with Gasteiger partial charge in [0.2, 0.25) is 0 Å². The van der Waals surface area contributed by atoms with Crippen LogP contribution in [0.2, 0.25) is 0 Å². The summed E-state index contributed by atoms with van der Waals surface area (Å²) < 4.78 is 5.31. The van der Waals surface area contributed by atoms with Crippen LogP contribution in [0.25, 0.3) is 0 Å². The Kier molecular flexibility index (Phi) is 4.05. The van der Waals surface area contributed by atoms with Gasteiger partial charge in [-0.1, -0.05) is 6.92 Å². The predicted molar refractivity (Wildman–Crippen MR) is 65.0 cm³/mol. The maximum atomic E-state index is 11.6. The Hall–Kier alpha value is -0.610. The summed E-state index contributed by atoms with van der Waals surface area (Å²) in [4.78, 5) is 11.6. The van der Waals surface area contributed by atoms with E-state index in [1.807, 2.05) is 0 Å². The van der Waals surface area contributed by atoms with Crippen LogP contribution in [0.5, 0.6) is 0 Å². The van der Waals surface area contributed by atoms with Crippen LogP contribution in [0.1, 0.15) is 45.4 Å². The normalized spacial score (nSPS) is 35.7. The molecule has 2 N–H and O–H groups in total. The molecule has 0 aromatic carbocycles. The summed E-state index contributed by atoms with van der Waals surface area (Å²) in [5, 5.41) is 12.9. The Labute approximate surface area is 103 Å². The van der Waals surface area contributed by atoms with Gasteiger partial charge in [0.05, 0.1) is 0 Å². The first kappa shape index (κ1) is 12.8. The zero-order chi connectivity index (χ0) is 12.3. The molecule has 98 valence electrons. The van der Waals surface area contributed by atoms with E-state index in [-0.39, 0.29) is 0 Å². The second-order valence-electron chi connectivity index (χ2n) is 5.60. The van der Waals surface area contributed by atoms with Gasteiger partial charge in [-0.2, -0.15) is 0 Å². The molecule has 0 bridgehead atoms. The third-order valence-corrected chi connectivity index (χ3v) is 4.24. The first-order chi connectivity index (χ1) is 8.12. The number of rotatable bonds is 3. The number of nitrogens with one attached hydrogen (secondary N) is 1. The third-order valence-electron chi connectivity index (χ3n) is 4.24. The van der Waals surface area contributed by atoms with Crippen LogP contribution in [0.3, 0.4) is 0 Å². The molecule has 17 heavy (non-hydrogen) atoms. The van der Waals surface area contributed by atoms with Gasteiger partial charge in [0.1, 0.15) is 5.54 Å². The van der Waals surface area contributed by atoms with Crippen molar-refractivity contribution >= 4 is 5.97 Å². The quantitative estimate of drug-likeness (QED) is 0.791. The van der Waals surface area contributed by atoms with Gasteiger partial charge in [0.15, 0.2) is 0 Å². The van der Waals surface area contributed by atoms with Crippen molar-refractivity contribution in [2.24, 2.45) is 5.92 Å². The molecule has 1 aliphatic heterocycles. The lowest BCUT2D eigenvalue weighted by Crippen LogP contribution is -2.58. The minimum Gasteiger partial charge on any atom is -0.480 e. The number of aliphatic carboxylic acids is 1. The first-order valence-corrected chi connectivity index (χ1v) is 6.71. The first-order valence-electron chi connectivity index (χ1n) is 6.71. The largest absolute Gasteiger partial charge is 0.480 e. The van der Waals surface area contributed by atoms with E-state index in [4.69, 9.17) is 4.74 Å². The Morgan fingerprint density at radius 3 is 2.35 bits per heavy atom. The second kappa shape index (κ2) is 5.36. The number of carboxylic acids is 1. The number of ether oxygens (including phenoxy) is 1. The van der Waals surface area contributed by atoms with E-state index >= 15 is 0 Å². The highest BCUT2D eigenvalue weighted by Crippen LogP contribution is 2.33. The van der Waals surface area contributed by atoms with Crippen LogP contribution < -0.4 is 5.32 Å². The van der Waals surface area contributed by atoms with Crippen LogP contribution in [0, 0.1) is 5.92 Å². The molecule has 4 heteroatoms. The minimum absolute atomic E-state index is 0.313. The summed E-state index contributed by atoms with van der Waals surface area (Å²) >= 11 is 0. The molecule has 0 aromatic heterocycles. The van der Waals surface area contributed by atoms with Crippen LogP contribution in [-0.4, -0.2) is 35.9 Å². The Morgan fingerprint density at radius 1 is 1.24 bits per heavy atom. The zero-order valence-corrected chi connectivity index (χ0v) is 10.6. The lowest BCUT2D eigenvalue weighted by molar-refractivity contribution is -0.147. The fourth-order valence-electron chi connectivity index (χ4n) is 2.91. The Balaban J connectivity index is 1.98. The molecule has 1 heterocycles. The number of carbonyl (C=O) groups is 1. The highest BCUT2D eigenvalue weighted by atomic mass is 16.5. The molecule has 1 saturated carbocycles. The van der Waals surface area contributed by atoms with Crippen LogP contribution in [-0.2, 0) is 9.53 Å². The van der Waals surface area contributed by atoms with Gasteiger partial charge in [-0.3, -0.25) is 10.1 Å². The molecule has 0 atom stereocenters. The van der Waals surface area contributed by atoms with Crippen LogP contribution in [0.4, 0.5) is 0 Å². The average Bonchev–Trinajstić information content (AvgIpc) is 2.33. The van der Waals surface area contributed by atoms with Crippen molar-refractivity contribution in [2.45, 2.75) is 57.0 Å². The minimum atomic E-state index is -0.672. The van der Waals surface area contributed by atoms with Crippen LogP contribution in [0.15, 0.2) is 0 Å². The molecule has 4 nitrogen and oxygen atoms in total. The molecular formula is C13H23NO3. The lowest BCUT2D eigenvalue weighted by atomic mass is 9.76. The molecule has 1 saturated heterocycles. The van der Waals surface area contributed by atoms with Crippen molar-refractivity contribution < 1.29 is 14.6 Å². The van der Waals surface area contributed by atoms with E-state index in [9.17, 15) is 9.90 Å². The van der Waals surface area contributed by atoms with Gasteiger partial charge in [-0.25, -0.2) is 0 Å². The average molecular weight is 241 g/mol. The molecule has 0 aromatic rings. The standard InChI is InChI=1S/C13H23NO3/c1-10-2-6-13(7-3-10,12(15)16)14-11-4-8-17-9-5-11/h10-11,14H,2-9H2,1H3,(H,15,16). The predicted octanol–water partition coefficient (Wildman–Crippen LogP) is 1.79. The smallest absolute Gasteiger partial charge is 0.323 e. The molecule has 2 fully saturated rings. The Morgan fingerprint density at radius 2 is 1.82 bits per heavy atom. The fraction of sp³-hybridized carbons (Fsp3) is 0.923. The van der Waals surface area contributed by atoms with Crippen molar-refractivity contribution in [3.8, 4) is 0 Å². The highest BCUT2D eigenvalue weighted by molar-refractivity contribution is 5.79. The van der Waals surface area contributed by atoms with E-state index in [0.717, 1.165) is 51.7 Å². The second-order valence-corrected chi connectivity index (χ2v) is 5.60. The molecule has 0 spiro atoms. The molecule has 0 unspecified atom stereocenters. The number of carboxylic acid groups (broad SMARTS) is 1. The van der Waals surface area contributed by atoms with Gasteiger partial charge in [-0.15, -0.1) is 0 Å². The van der Waals surface area contributed by atoms with E-state index in [1.54, 1.807) is 0 Å². The molecular weight excluding hydrogens is 218 g/mol. The molecule has 1 aliphatic carbocycles. The van der Waals surface area contributed by atoms with Gasteiger partial charge in [0, 0.05) is 19.3 Å². The van der Waals surface area contributed by atoms with Crippen molar-refractivity contribution in [2.75, 3.05) is 13.2 Å².